The summed E-state index contributed by atoms with van der Waals surface area (Å²) in [5.41, 5.74) is 0. The van der Waals surface area contributed by atoms with Crippen molar-refractivity contribution in [3.8, 4) is 0 Å². The molecule has 8 heteroatoms. The van der Waals surface area contributed by atoms with Gasteiger partial charge in [-0.25, -0.2) is 0 Å². The first-order valence-corrected chi connectivity index (χ1v) is 11.1. The van der Waals surface area contributed by atoms with Crippen molar-refractivity contribution < 1.29 is 14.2 Å². The van der Waals surface area contributed by atoms with Crippen molar-refractivity contribution in [1.82, 2.24) is 15.1 Å². The van der Waals surface area contributed by atoms with Crippen LogP contribution in [0.15, 0.2) is 22.5 Å². The van der Waals surface area contributed by atoms with Crippen molar-refractivity contribution in [2.24, 2.45) is 10.9 Å². The number of nitrogens with zero attached hydrogens (tertiary/aromatic N) is 3. The van der Waals surface area contributed by atoms with E-state index in [-0.39, 0.29) is 0 Å². The van der Waals surface area contributed by atoms with E-state index in [0.717, 1.165) is 64.9 Å². The van der Waals surface area contributed by atoms with Crippen LogP contribution in [0.3, 0.4) is 0 Å². The molecule has 2 aliphatic rings. The lowest BCUT2D eigenvalue weighted by Gasteiger charge is -2.35. The van der Waals surface area contributed by atoms with Gasteiger partial charge in [-0.3, -0.25) is 9.89 Å². The fraction of sp³-hybridized carbons (Fsp3) is 0.750. The molecule has 1 aromatic heterocycles. The van der Waals surface area contributed by atoms with E-state index in [1.807, 2.05) is 18.4 Å². The summed E-state index contributed by atoms with van der Waals surface area (Å²) in [7, 11) is 3.58. The molecule has 0 bridgehead atoms. The van der Waals surface area contributed by atoms with Gasteiger partial charge in [-0.05, 0) is 17.9 Å². The van der Waals surface area contributed by atoms with E-state index >= 15 is 0 Å². The second-order valence-electron chi connectivity index (χ2n) is 7.28. The van der Waals surface area contributed by atoms with Crippen molar-refractivity contribution in [1.29, 1.82) is 0 Å². The number of hydrogen-bond acceptors (Lipinski definition) is 6. The third kappa shape index (κ3) is 6.15. The van der Waals surface area contributed by atoms with Crippen LogP contribution in [0.25, 0.3) is 0 Å². The average molecular weight is 411 g/mol. The Kier molecular flexibility index (Phi) is 9.01. The topological polar surface area (TPSA) is 58.6 Å². The fourth-order valence-corrected chi connectivity index (χ4v) is 4.71. The third-order valence-electron chi connectivity index (χ3n) is 5.39. The number of aliphatic imine (C=N–C) groups is 1. The van der Waals surface area contributed by atoms with E-state index in [9.17, 15) is 0 Å². The molecule has 0 spiro atoms. The number of likely N-dealkylation sites (tertiary alicyclic amines) is 1. The van der Waals surface area contributed by atoms with Crippen LogP contribution in [0.2, 0.25) is 0 Å². The summed E-state index contributed by atoms with van der Waals surface area (Å²) < 4.78 is 16.3. The molecule has 28 heavy (non-hydrogen) atoms. The predicted octanol–water partition coefficient (Wildman–Crippen LogP) is 1.68. The van der Waals surface area contributed by atoms with E-state index < -0.39 is 0 Å². The van der Waals surface area contributed by atoms with Gasteiger partial charge in [0.15, 0.2) is 5.96 Å². The highest BCUT2D eigenvalue weighted by Gasteiger charge is 2.27. The van der Waals surface area contributed by atoms with Crippen molar-refractivity contribution in [2.45, 2.75) is 12.5 Å². The average Bonchev–Trinajstić information content (AvgIpc) is 3.42. The smallest absolute Gasteiger partial charge is 0.193 e. The minimum Gasteiger partial charge on any atom is -0.382 e. The third-order valence-corrected chi connectivity index (χ3v) is 6.37. The van der Waals surface area contributed by atoms with E-state index in [1.54, 1.807) is 7.11 Å². The van der Waals surface area contributed by atoms with Crippen molar-refractivity contribution in [2.75, 3.05) is 79.9 Å². The van der Waals surface area contributed by atoms with Gasteiger partial charge in [-0.1, -0.05) is 6.07 Å². The highest BCUT2D eigenvalue weighted by atomic mass is 32.1. The molecule has 0 saturated carbocycles. The number of thiophene rings is 1. The normalized spacial score (nSPS) is 22.6. The molecule has 3 heterocycles. The Labute approximate surface area is 172 Å². The molecule has 7 nitrogen and oxygen atoms in total. The molecule has 1 N–H and O–H groups in total. The monoisotopic (exact) mass is 410 g/mol. The molecule has 158 valence electrons. The van der Waals surface area contributed by atoms with Gasteiger partial charge in [0.1, 0.15) is 0 Å². The molecule has 2 aliphatic heterocycles. The molecule has 3 rings (SSSR count). The zero-order chi connectivity index (χ0) is 19.6. The van der Waals surface area contributed by atoms with Crippen LogP contribution in [0, 0.1) is 5.92 Å². The summed E-state index contributed by atoms with van der Waals surface area (Å²) in [6.07, 6.45) is 1.14. The Morgan fingerprint density at radius 2 is 2.21 bits per heavy atom. The van der Waals surface area contributed by atoms with Gasteiger partial charge in [-0.15, -0.1) is 11.3 Å². The maximum absolute atomic E-state index is 5.72. The molecule has 0 aromatic carbocycles. The Morgan fingerprint density at radius 3 is 2.93 bits per heavy atom. The molecule has 0 radical (unpaired) electrons. The van der Waals surface area contributed by atoms with Crippen molar-refractivity contribution >= 4 is 17.3 Å². The number of morpholine rings is 1. The summed E-state index contributed by atoms with van der Waals surface area (Å²) in [6, 6.07) is 4.73. The number of hydrogen-bond donors (Lipinski definition) is 1. The van der Waals surface area contributed by atoms with Gasteiger partial charge in [0.25, 0.3) is 0 Å². The number of ether oxygens (including phenoxy) is 3. The molecule has 2 atom stereocenters. The molecule has 2 fully saturated rings. The lowest BCUT2D eigenvalue weighted by atomic mass is 10.1. The van der Waals surface area contributed by atoms with Gasteiger partial charge in [0.2, 0.25) is 0 Å². The quantitative estimate of drug-likeness (QED) is 0.380. The number of guanidine groups is 1. The number of methoxy groups -OCH3 is 1. The van der Waals surface area contributed by atoms with Crippen LogP contribution in [-0.2, 0) is 14.2 Å². The van der Waals surface area contributed by atoms with E-state index in [1.165, 1.54) is 4.88 Å². The summed E-state index contributed by atoms with van der Waals surface area (Å²) in [6.45, 7) is 8.59. The fourth-order valence-electron chi connectivity index (χ4n) is 3.85. The highest BCUT2D eigenvalue weighted by molar-refractivity contribution is 7.10. The first-order valence-electron chi connectivity index (χ1n) is 10.2. The lowest BCUT2D eigenvalue weighted by molar-refractivity contribution is 0.0176. The Balaban J connectivity index is 1.50. The standard InChI is InChI=1S/C20H34N4O3S/c1-21-20(24-6-5-17(15-24)16-27-12-11-25-2)22-14-18(19-4-3-13-28-19)23-7-9-26-10-8-23/h3-4,13,17-18H,5-12,14-16H2,1-2H3,(H,21,22). The molecular formula is C20H34N4O3S. The minimum absolute atomic E-state index is 0.358. The largest absolute Gasteiger partial charge is 0.382 e. The van der Waals surface area contributed by atoms with Crippen molar-refractivity contribution in [3.05, 3.63) is 22.4 Å². The van der Waals surface area contributed by atoms with E-state index in [4.69, 9.17) is 14.2 Å². The SMILES string of the molecule is CN=C(NCC(c1cccs1)N1CCOCC1)N1CCC(COCCOC)C1. The predicted molar refractivity (Wildman–Crippen MR) is 113 cm³/mol. The van der Waals surface area contributed by atoms with Crippen molar-refractivity contribution in [3.63, 3.8) is 0 Å². The van der Waals surface area contributed by atoms with Crippen LogP contribution in [-0.4, -0.2) is 95.7 Å². The number of rotatable bonds is 9. The van der Waals surface area contributed by atoms with Crippen LogP contribution < -0.4 is 5.32 Å². The van der Waals surface area contributed by atoms with Crippen LogP contribution >= 0.6 is 11.3 Å². The maximum atomic E-state index is 5.72. The summed E-state index contributed by atoms with van der Waals surface area (Å²) >= 11 is 1.83. The van der Waals surface area contributed by atoms with Gasteiger partial charge in [0, 0.05) is 57.7 Å². The lowest BCUT2D eigenvalue weighted by Crippen LogP contribution is -2.47. The highest BCUT2D eigenvalue weighted by Crippen LogP contribution is 2.25. The van der Waals surface area contributed by atoms with Gasteiger partial charge >= 0.3 is 0 Å². The van der Waals surface area contributed by atoms with Crippen LogP contribution in [0.4, 0.5) is 0 Å². The summed E-state index contributed by atoms with van der Waals surface area (Å²) in [5, 5.41) is 5.79. The second kappa shape index (κ2) is 11.7. The van der Waals surface area contributed by atoms with Crippen LogP contribution in [0.1, 0.15) is 17.3 Å². The summed E-state index contributed by atoms with van der Waals surface area (Å²) in [4.78, 5) is 10.8. The van der Waals surface area contributed by atoms with E-state index in [0.29, 0.717) is 25.2 Å². The molecule has 1 aromatic rings. The second-order valence-corrected chi connectivity index (χ2v) is 8.26. The zero-order valence-corrected chi connectivity index (χ0v) is 18.0. The molecule has 0 aliphatic carbocycles. The molecular weight excluding hydrogens is 376 g/mol. The van der Waals surface area contributed by atoms with Gasteiger partial charge in [0.05, 0.1) is 39.1 Å². The Bertz CT molecular complexity index is 578. The molecule has 0 amide bonds. The Hall–Kier alpha value is -1.19. The summed E-state index contributed by atoms with van der Waals surface area (Å²) in [5.74, 6) is 1.55. The van der Waals surface area contributed by atoms with E-state index in [2.05, 4.69) is 37.6 Å². The first-order chi connectivity index (χ1) is 13.8. The maximum Gasteiger partial charge on any atom is 0.193 e. The van der Waals surface area contributed by atoms with Crippen LogP contribution in [0.5, 0.6) is 0 Å². The van der Waals surface area contributed by atoms with Gasteiger partial charge < -0.3 is 24.4 Å². The Morgan fingerprint density at radius 1 is 1.36 bits per heavy atom. The molecule has 2 unspecified atom stereocenters. The zero-order valence-electron chi connectivity index (χ0n) is 17.1. The molecule has 2 saturated heterocycles. The first kappa shape index (κ1) is 21.5. The number of nitrogens with one attached hydrogen (secondary N) is 1. The van der Waals surface area contributed by atoms with Gasteiger partial charge in [-0.2, -0.15) is 0 Å². The minimum atomic E-state index is 0.358.